The highest BCUT2D eigenvalue weighted by Crippen LogP contribution is 2.28. The summed E-state index contributed by atoms with van der Waals surface area (Å²) in [5.41, 5.74) is 1.85. The van der Waals surface area contributed by atoms with Gasteiger partial charge < -0.3 is 0 Å². The third-order valence-electron chi connectivity index (χ3n) is 6.03. The van der Waals surface area contributed by atoms with Gasteiger partial charge in [0, 0.05) is 44.5 Å². The maximum absolute atomic E-state index is 12.7. The number of ketones is 6. The number of carbonyl (C=O) groups excluding carboxylic acids is 6. The summed E-state index contributed by atoms with van der Waals surface area (Å²) in [6.45, 7) is 3.04. The molecule has 4 rings (SSSR count). The van der Waals surface area contributed by atoms with Crippen molar-refractivity contribution in [1.82, 2.24) is 0 Å². The van der Waals surface area contributed by atoms with Crippen LogP contribution in [0.1, 0.15) is 61.7 Å². The third kappa shape index (κ3) is 4.34. The molecule has 2 aliphatic carbocycles. The van der Waals surface area contributed by atoms with Gasteiger partial charge in [0.1, 0.15) is 0 Å². The van der Waals surface area contributed by atoms with Crippen molar-refractivity contribution in [2.24, 2.45) is 0 Å². The SMILES string of the molecule is CC1=C(/C=C/C(=O)CC(=O)/C=C/C2=C(C)C(=O)c3ccccc3C2=O)C(=O)c2ccccc2C1=O. The monoisotopic (exact) mass is 464 g/mol. The summed E-state index contributed by atoms with van der Waals surface area (Å²) in [6.07, 6.45) is 4.22. The maximum atomic E-state index is 12.7. The standard InChI is InChI=1S/C29H20O6/c1-16-20(28(34)24-9-5-3-7-22(24)26(16)32)13-11-18(30)15-19(31)12-14-21-17(2)27(33)23-8-4-6-10-25(23)29(21)35/h3-14H,15H2,1-2H3/b13-11+,14-12+. The molecule has 0 heterocycles. The molecule has 172 valence electrons. The third-order valence-corrected chi connectivity index (χ3v) is 6.03. The van der Waals surface area contributed by atoms with Gasteiger partial charge in [-0.3, -0.25) is 28.8 Å². The highest BCUT2D eigenvalue weighted by Gasteiger charge is 2.29. The molecule has 0 bridgehead atoms. The van der Waals surface area contributed by atoms with Crippen molar-refractivity contribution in [3.05, 3.63) is 117 Å². The fraction of sp³-hybridized carbons (Fsp3) is 0.103. The fourth-order valence-corrected chi connectivity index (χ4v) is 4.08. The van der Waals surface area contributed by atoms with E-state index in [-0.39, 0.29) is 56.6 Å². The summed E-state index contributed by atoms with van der Waals surface area (Å²) in [7, 11) is 0. The Morgan fingerprint density at radius 3 is 1.23 bits per heavy atom. The largest absolute Gasteiger partial charge is 0.294 e. The Bertz CT molecular complexity index is 1360. The van der Waals surface area contributed by atoms with E-state index in [1.807, 2.05) is 0 Å². The van der Waals surface area contributed by atoms with Crippen LogP contribution < -0.4 is 0 Å². The predicted octanol–water partition coefficient (Wildman–Crippen LogP) is 4.42. The van der Waals surface area contributed by atoms with Crippen LogP contribution in [0, 0.1) is 0 Å². The van der Waals surface area contributed by atoms with Gasteiger partial charge >= 0.3 is 0 Å². The molecule has 0 atom stereocenters. The van der Waals surface area contributed by atoms with Crippen molar-refractivity contribution in [3.8, 4) is 0 Å². The summed E-state index contributed by atoms with van der Waals surface area (Å²) < 4.78 is 0. The van der Waals surface area contributed by atoms with E-state index in [4.69, 9.17) is 0 Å². The highest BCUT2D eigenvalue weighted by molar-refractivity contribution is 6.29. The van der Waals surface area contributed by atoms with Gasteiger partial charge in [0.2, 0.25) is 0 Å². The number of fused-ring (bicyclic) bond motifs is 2. The molecule has 0 N–H and O–H groups in total. The van der Waals surface area contributed by atoms with E-state index in [2.05, 4.69) is 0 Å². The average molecular weight is 464 g/mol. The molecule has 0 fully saturated rings. The molecule has 0 radical (unpaired) electrons. The molecule has 35 heavy (non-hydrogen) atoms. The lowest BCUT2D eigenvalue weighted by atomic mass is 9.84. The second-order valence-electron chi connectivity index (χ2n) is 8.26. The maximum Gasteiger partial charge on any atom is 0.194 e. The molecule has 0 aliphatic heterocycles. The average Bonchev–Trinajstić information content (AvgIpc) is 2.86. The van der Waals surface area contributed by atoms with Gasteiger partial charge in [0.15, 0.2) is 34.7 Å². The number of hydrogen-bond acceptors (Lipinski definition) is 6. The van der Waals surface area contributed by atoms with E-state index in [0.29, 0.717) is 11.1 Å². The Balaban J connectivity index is 1.47. The summed E-state index contributed by atoms with van der Waals surface area (Å²) >= 11 is 0. The van der Waals surface area contributed by atoms with Crippen LogP contribution >= 0.6 is 0 Å². The minimum Gasteiger partial charge on any atom is -0.294 e. The van der Waals surface area contributed by atoms with Gasteiger partial charge in [-0.2, -0.15) is 0 Å². The number of rotatable bonds is 6. The van der Waals surface area contributed by atoms with Crippen LogP contribution in [0.4, 0.5) is 0 Å². The van der Waals surface area contributed by atoms with Crippen LogP contribution in [-0.2, 0) is 9.59 Å². The Labute approximate surface area is 201 Å². The Hall–Kier alpha value is -4.58. The van der Waals surface area contributed by atoms with Gasteiger partial charge in [-0.05, 0) is 38.2 Å². The van der Waals surface area contributed by atoms with Crippen LogP contribution in [0.25, 0.3) is 0 Å². The summed E-state index contributed by atoms with van der Waals surface area (Å²) in [6, 6.07) is 12.9. The van der Waals surface area contributed by atoms with Crippen molar-refractivity contribution >= 4 is 34.7 Å². The topological polar surface area (TPSA) is 102 Å². The number of Topliss-reactive ketones (excluding diaryl/α,β-unsaturated/α-hetero) is 4. The quantitative estimate of drug-likeness (QED) is 0.463. The highest BCUT2D eigenvalue weighted by atomic mass is 16.2. The van der Waals surface area contributed by atoms with Gasteiger partial charge in [0.25, 0.3) is 0 Å². The van der Waals surface area contributed by atoms with E-state index >= 15 is 0 Å². The van der Waals surface area contributed by atoms with Crippen LogP contribution in [0.2, 0.25) is 0 Å². The molecule has 0 spiro atoms. The van der Waals surface area contributed by atoms with E-state index in [9.17, 15) is 28.8 Å². The molecule has 0 amide bonds. The first-order valence-corrected chi connectivity index (χ1v) is 10.9. The molecule has 6 nitrogen and oxygen atoms in total. The first kappa shape index (κ1) is 23.6. The number of allylic oxidation sites excluding steroid dienone is 8. The smallest absolute Gasteiger partial charge is 0.194 e. The fourth-order valence-electron chi connectivity index (χ4n) is 4.08. The zero-order valence-corrected chi connectivity index (χ0v) is 19.1. The molecule has 0 aromatic heterocycles. The van der Waals surface area contributed by atoms with Crippen LogP contribution in [0.5, 0.6) is 0 Å². The Morgan fingerprint density at radius 1 is 0.571 bits per heavy atom. The number of benzene rings is 2. The summed E-state index contributed by atoms with van der Waals surface area (Å²) in [5, 5.41) is 0. The summed E-state index contributed by atoms with van der Waals surface area (Å²) in [5.74, 6) is -2.44. The Morgan fingerprint density at radius 2 is 0.886 bits per heavy atom. The first-order chi connectivity index (χ1) is 16.7. The predicted molar refractivity (Wildman–Crippen MR) is 129 cm³/mol. The van der Waals surface area contributed by atoms with Crippen LogP contribution in [0.15, 0.2) is 95.1 Å². The normalized spacial score (nSPS) is 15.8. The lowest BCUT2D eigenvalue weighted by Crippen LogP contribution is -2.20. The van der Waals surface area contributed by atoms with Gasteiger partial charge in [-0.15, -0.1) is 0 Å². The van der Waals surface area contributed by atoms with E-state index < -0.39 is 18.0 Å². The summed E-state index contributed by atoms with van der Waals surface area (Å²) in [4.78, 5) is 75.2. The van der Waals surface area contributed by atoms with Crippen molar-refractivity contribution in [2.45, 2.75) is 20.3 Å². The minimum absolute atomic E-state index is 0.107. The lowest BCUT2D eigenvalue weighted by Gasteiger charge is -2.16. The van der Waals surface area contributed by atoms with Crippen LogP contribution in [-0.4, -0.2) is 34.7 Å². The molecule has 2 aromatic rings. The first-order valence-electron chi connectivity index (χ1n) is 10.9. The molecule has 2 aliphatic rings. The van der Waals surface area contributed by atoms with Crippen LogP contribution in [0.3, 0.4) is 0 Å². The van der Waals surface area contributed by atoms with Crippen molar-refractivity contribution in [3.63, 3.8) is 0 Å². The molecular formula is C29H20O6. The van der Waals surface area contributed by atoms with Crippen molar-refractivity contribution < 1.29 is 28.8 Å². The molecule has 0 saturated heterocycles. The minimum atomic E-state index is -0.568. The second kappa shape index (κ2) is 9.35. The Kier molecular flexibility index (Phi) is 6.30. The second-order valence-corrected chi connectivity index (χ2v) is 8.26. The molecular weight excluding hydrogens is 444 g/mol. The van der Waals surface area contributed by atoms with Gasteiger partial charge in [-0.25, -0.2) is 0 Å². The lowest BCUT2D eigenvalue weighted by molar-refractivity contribution is -0.121. The number of carbonyl (C=O) groups is 6. The van der Waals surface area contributed by atoms with E-state index in [0.717, 1.165) is 12.2 Å². The van der Waals surface area contributed by atoms with Gasteiger partial charge in [0.05, 0.1) is 6.42 Å². The molecule has 0 saturated carbocycles. The van der Waals surface area contributed by atoms with E-state index in [1.165, 1.54) is 26.0 Å². The zero-order chi connectivity index (χ0) is 25.3. The van der Waals surface area contributed by atoms with Crippen molar-refractivity contribution in [2.75, 3.05) is 0 Å². The zero-order valence-electron chi connectivity index (χ0n) is 19.1. The molecule has 6 heteroatoms. The molecule has 2 aromatic carbocycles. The number of hydrogen-bond donors (Lipinski definition) is 0. The van der Waals surface area contributed by atoms with E-state index in [1.54, 1.807) is 48.5 Å². The molecule has 0 unspecified atom stereocenters. The van der Waals surface area contributed by atoms with Gasteiger partial charge in [-0.1, -0.05) is 48.5 Å². The van der Waals surface area contributed by atoms with Crippen molar-refractivity contribution in [1.29, 1.82) is 0 Å².